The molecular formula is C23H25N3O2S. The van der Waals surface area contributed by atoms with Crippen LogP contribution in [0, 0.1) is 0 Å². The fraction of sp³-hybridized carbons (Fsp3) is 0.435. The maximum Gasteiger partial charge on any atom is 0.262 e. The monoisotopic (exact) mass is 407 g/mol. The largest absolute Gasteiger partial charge is 0.308 e. The SMILES string of the molecule is O=C(Cn1cnc2sc3c(c2c1=O)CCC3)N(c1ccccc1)C1CCCCC1. The van der Waals surface area contributed by atoms with Gasteiger partial charge in [-0.3, -0.25) is 14.2 Å². The highest BCUT2D eigenvalue weighted by atomic mass is 32.1. The number of carbonyl (C=O) groups excluding carboxylic acids is 1. The second-order valence-corrected chi connectivity index (χ2v) is 9.19. The molecule has 0 saturated heterocycles. The minimum absolute atomic E-state index is 0.0294. The molecule has 0 radical (unpaired) electrons. The summed E-state index contributed by atoms with van der Waals surface area (Å²) >= 11 is 1.63. The van der Waals surface area contributed by atoms with Crippen molar-refractivity contribution < 1.29 is 4.79 Å². The first-order valence-corrected chi connectivity index (χ1v) is 11.4. The molecular weight excluding hydrogens is 382 g/mol. The summed E-state index contributed by atoms with van der Waals surface area (Å²) in [5, 5.41) is 0.738. The zero-order chi connectivity index (χ0) is 19.8. The van der Waals surface area contributed by atoms with Gasteiger partial charge in [0.15, 0.2) is 0 Å². The third-order valence-corrected chi connectivity index (χ3v) is 7.44. The lowest BCUT2D eigenvalue weighted by Gasteiger charge is -2.34. The zero-order valence-corrected chi connectivity index (χ0v) is 17.3. The van der Waals surface area contributed by atoms with Gasteiger partial charge in [-0.25, -0.2) is 4.98 Å². The molecule has 2 aliphatic rings. The summed E-state index contributed by atoms with van der Waals surface area (Å²) in [6, 6.07) is 10.1. The summed E-state index contributed by atoms with van der Waals surface area (Å²) in [6.07, 6.45) is 10.2. The van der Waals surface area contributed by atoms with Crippen LogP contribution in [-0.2, 0) is 24.2 Å². The molecule has 3 aromatic rings. The Bertz CT molecular complexity index is 1100. The Morgan fingerprint density at radius 1 is 1.10 bits per heavy atom. The van der Waals surface area contributed by atoms with Crippen molar-refractivity contribution in [2.24, 2.45) is 0 Å². The number of hydrogen-bond donors (Lipinski definition) is 0. The molecule has 0 N–H and O–H groups in total. The van der Waals surface area contributed by atoms with Crippen LogP contribution in [0.15, 0.2) is 41.5 Å². The van der Waals surface area contributed by atoms with Crippen molar-refractivity contribution in [3.8, 4) is 0 Å². The lowest BCUT2D eigenvalue weighted by Crippen LogP contribution is -2.44. The van der Waals surface area contributed by atoms with Crippen molar-refractivity contribution in [3.05, 3.63) is 57.5 Å². The van der Waals surface area contributed by atoms with Gasteiger partial charge in [0.1, 0.15) is 11.4 Å². The number of nitrogens with zero attached hydrogens (tertiary/aromatic N) is 3. The van der Waals surface area contributed by atoms with Gasteiger partial charge in [0.25, 0.3) is 5.56 Å². The number of thiophene rings is 1. The summed E-state index contributed by atoms with van der Waals surface area (Å²) in [6.45, 7) is 0.0395. The smallest absolute Gasteiger partial charge is 0.262 e. The Morgan fingerprint density at radius 2 is 1.90 bits per heavy atom. The van der Waals surface area contributed by atoms with E-state index < -0.39 is 0 Å². The van der Waals surface area contributed by atoms with Gasteiger partial charge in [0.2, 0.25) is 5.91 Å². The van der Waals surface area contributed by atoms with E-state index in [1.807, 2.05) is 35.2 Å². The Hall–Kier alpha value is -2.47. The number of aromatic nitrogens is 2. The average molecular weight is 408 g/mol. The third-order valence-electron chi connectivity index (χ3n) is 6.24. The fourth-order valence-electron chi connectivity index (χ4n) is 4.84. The quantitative estimate of drug-likeness (QED) is 0.647. The van der Waals surface area contributed by atoms with Crippen LogP contribution < -0.4 is 10.5 Å². The second-order valence-electron chi connectivity index (χ2n) is 8.11. The Labute approximate surface area is 174 Å². The molecule has 1 fully saturated rings. The van der Waals surface area contributed by atoms with Crippen molar-refractivity contribution in [2.75, 3.05) is 4.90 Å². The van der Waals surface area contributed by atoms with Gasteiger partial charge in [0.05, 0.1) is 11.7 Å². The zero-order valence-electron chi connectivity index (χ0n) is 16.5. The normalized spacial score (nSPS) is 16.8. The van der Waals surface area contributed by atoms with Gasteiger partial charge >= 0.3 is 0 Å². The number of aryl methyl sites for hydroxylation is 2. The first-order valence-electron chi connectivity index (χ1n) is 10.6. The number of hydrogen-bond acceptors (Lipinski definition) is 4. The molecule has 150 valence electrons. The molecule has 0 unspecified atom stereocenters. The van der Waals surface area contributed by atoms with E-state index in [0.717, 1.165) is 66.4 Å². The molecule has 1 saturated carbocycles. The molecule has 5 nitrogen and oxygen atoms in total. The maximum atomic E-state index is 13.4. The average Bonchev–Trinajstić information content (AvgIpc) is 3.33. The van der Waals surface area contributed by atoms with Crippen LogP contribution >= 0.6 is 11.3 Å². The van der Waals surface area contributed by atoms with Crippen LogP contribution in [0.5, 0.6) is 0 Å². The number of benzene rings is 1. The van der Waals surface area contributed by atoms with Crippen molar-refractivity contribution in [3.63, 3.8) is 0 Å². The predicted molar refractivity (Wildman–Crippen MR) is 117 cm³/mol. The highest BCUT2D eigenvalue weighted by Gasteiger charge is 2.28. The molecule has 1 aromatic carbocycles. The van der Waals surface area contributed by atoms with E-state index in [4.69, 9.17) is 0 Å². The number of rotatable bonds is 4. The summed E-state index contributed by atoms with van der Waals surface area (Å²) in [5.74, 6) is -0.0294. The number of amides is 1. The standard InChI is InChI=1S/C23H25N3O2S/c27-20(26(16-8-3-1-4-9-16)17-10-5-2-6-11-17)14-25-15-24-22-21(23(25)28)18-12-7-13-19(18)29-22/h1,3-4,8-9,15,17H,2,5-7,10-14H2. The lowest BCUT2D eigenvalue weighted by molar-refractivity contribution is -0.119. The first-order chi connectivity index (χ1) is 14.2. The highest BCUT2D eigenvalue weighted by molar-refractivity contribution is 7.18. The van der Waals surface area contributed by atoms with Crippen LogP contribution in [0.3, 0.4) is 0 Å². The Kier molecular flexibility index (Phi) is 4.96. The summed E-state index contributed by atoms with van der Waals surface area (Å²) < 4.78 is 1.51. The van der Waals surface area contributed by atoms with Crippen molar-refractivity contribution in [2.45, 2.75) is 64.0 Å². The van der Waals surface area contributed by atoms with Crippen LogP contribution in [-0.4, -0.2) is 21.5 Å². The predicted octanol–water partition coefficient (Wildman–Crippen LogP) is 4.31. The first kappa shape index (κ1) is 18.6. The molecule has 0 aliphatic heterocycles. The summed E-state index contributed by atoms with van der Waals surface area (Å²) in [7, 11) is 0. The molecule has 5 rings (SSSR count). The van der Waals surface area contributed by atoms with Gasteiger partial charge in [-0.05, 0) is 49.8 Å². The number of para-hydroxylation sites is 1. The minimum Gasteiger partial charge on any atom is -0.308 e. The Balaban J connectivity index is 1.48. The molecule has 29 heavy (non-hydrogen) atoms. The third kappa shape index (κ3) is 3.39. The number of fused-ring (bicyclic) bond motifs is 3. The van der Waals surface area contributed by atoms with Gasteiger partial charge in [-0.2, -0.15) is 0 Å². The van der Waals surface area contributed by atoms with Crippen LogP contribution in [0.4, 0.5) is 5.69 Å². The summed E-state index contributed by atoms with van der Waals surface area (Å²) in [4.78, 5) is 35.1. The number of carbonyl (C=O) groups is 1. The van der Waals surface area contributed by atoms with Crippen molar-refractivity contribution in [1.82, 2.24) is 9.55 Å². The van der Waals surface area contributed by atoms with Crippen LogP contribution in [0.25, 0.3) is 10.2 Å². The molecule has 0 bridgehead atoms. The van der Waals surface area contributed by atoms with E-state index in [1.165, 1.54) is 15.9 Å². The van der Waals surface area contributed by atoms with E-state index in [9.17, 15) is 9.59 Å². The van der Waals surface area contributed by atoms with Gasteiger partial charge in [-0.1, -0.05) is 37.5 Å². The summed E-state index contributed by atoms with van der Waals surface area (Å²) in [5.41, 5.74) is 2.01. The Morgan fingerprint density at radius 3 is 2.69 bits per heavy atom. The molecule has 2 heterocycles. The second kappa shape index (κ2) is 7.75. The lowest BCUT2D eigenvalue weighted by atomic mass is 9.93. The van der Waals surface area contributed by atoms with Gasteiger partial charge in [-0.15, -0.1) is 11.3 Å². The van der Waals surface area contributed by atoms with Crippen molar-refractivity contribution in [1.29, 1.82) is 0 Å². The molecule has 2 aliphatic carbocycles. The molecule has 0 spiro atoms. The van der Waals surface area contributed by atoms with Crippen LogP contribution in [0.1, 0.15) is 49.0 Å². The fourth-order valence-corrected chi connectivity index (χ4v) is 6.06. The maximum absolute atomic E-state index is 13.4. The topological polar surface area (TPSA) is 55.2 Å². The van der Waals surface area contributed by atoms with E-state index in [2.05, 4.69) is 4.98 Å². The molecule has 2 aromatic heterocycles. The molecule has 1 amide bonds. The van der Waals surface area contributed by atoms with Gasteiger partial charge in [0, 0.05) is 16.6 Å². The van der Waals surface area contributed by atoms with E-state index in [1.54, 1.807) is 17.7 Å². The number of anilines is 1. The molecule has 0 atom stereocenters. The highest BCUT2D eigenvalue weighted by Crippen LogP contribution is 2.34. The minimum atomic E-state index is -0.0700. The van der Waals surface area contributed by atoms with Crippen molar-refractivity contribution >= 4 is 33.1 Å². The van der Waals surface area contributed by atoms with E-state index in [-0.39, 0.29) is 24.1 Å². The van der Waals surface area contributed by atoms with E-state index >= 15 is 0 Å². The van der Waals surface area contributed by atoms with Crippen LogP contribution in [0.2, 0.25) is 0 Å². The van der Waals surface area contributed by atoms with Gasteiger partial charge < -0.3 is 4.90 Å². The van der Waals surface area contributed by atoms with E-state index in [0.29, 0.717) is 0 Å². The molecule has 6 heteroatoms.